The predicted octanol–water partition coefficient (Wildman–Crippen LogP) is 4.51. The van der Waals surface area contributed by atoms with Gasteiger partial charge in [-0.1, -0.05) is 79.7 Å². The Morgan fingerprint density at radius 1 is 0.620 bits per heavy atom. The van der Waals surface area contributed by atoms with Crippen LogP contribution in [0.4, 0.5) is 9.59 Å². The van der Waals surface area contributed by atoms with Gasteiger partial charge in [-0.05, 0) is 39.8 Å². The largest absolute Gasteiger partial charge is 0.449 e. The highest BCUT2D eigenvalue weighted by atomic mass is 16.6. The fraction of sp³-hybridized carbons (Fsp3) is 0.361. The van der Waals surface area contributed by atoms with Crippen LogP contribution >= 0.6 is 0 Å². The smallest absolute Gasteiger partial charge is 0.407 e. The molecule has 0 aliphatic rings. The first-order chi connectivity index (χ1) is 24.4. The number of nitrogens with one attached hydrogen (secondary N) is 3. The highest BCUT2D eigenvalue weighted by Crippen LogP contribution is 2.24. The van der Waals surface area contributed by atoms with Gasteiger partial charge in [0.2, 0.25) is 18.2 Å². The van der Waals surface area contributed by atoms with Crippen molar-refractivity contribution in [1.29, 1.82) is 0 Å². The van der Waals surface area contributed by atoms with E-state index in [2.05, 4.69) is 30.9 Å². The van der Waals surface area contributed by atoms with Crippen LogP contribution in [-0.4, -0.2) is 57.0 Å². The molecule has 0 saturated heterocycles. The molecule has 3 N–H and O–H groups in total. The van der Waals surface area contributed by atoms with Crippen LogP contribution < -0.4 is 16.0 Å². The van der Waals surface area contributed by atoms with Crippen molar-refractivity contribution in [2.75, 3.05) is 26.6 Å². The first-order valence-corrected chi connectivity index (χ1v) is 15.8. The molecule has 0 unspecified atom stereocenters. The van der Waals surface area contributed by atoms with Gasteiger partial charge in [0.25, 0.3) is 0 Å². The molecular weight excluding hydrogens is 644 g/mol. The fourth-order valence-electron chi connectivity index (χ4n) is 4.74. The Morgan fingerprint density at radius 2 is 1.02 bits per heavy atom. The van der Waals surface area contributed by atoms with Crippen LogP contribution in [0.15, 0.2) is 87.8 Å². The number of aliphatic imine (C=N–C) groups is 3. The van der Waals surface area contributed by atoms with E-state index in [-0.39, 0.29) is 59.3 Å². The number of isocyanates is 3. The molecule has 2 amide bonds. The van der Waals surface area contributed by atoms with Gasteiger partial charge in [0.1, 0.15) is 13.2 Å². The van der Waals surface area contributed by atoms with Gasteiger partial charge in [0.05, 0.1) is 38.4 Å². The first-order valence-electron chi connectivity index (χ1n) is 15.8. The van der Waals surface area contributed by atoms with E-state index in [1.807, 2.05) is 67.6 Å². The number of hydrogen-bond donors (Lipinski definition) is 3. The van der Waals surface area contributed by atoms with Crippen LogP contribution in [-0.2, 0) is 67.9 Å². The minimum Gasteiger partial charge on any atom is -0.449 e. The molecule has 3 rings (SSSR count). The number of alkyl carbamates (subject to hydrolysis) is 2. The van der Waals surface area contributed by atoms with Gasteiger partial charge in [0, 0.05) is 19.6 Å². The number of rotatable bonds is 21. The lowest BCUT2D eigenvalue weighted by Gasteiger charge is -2.31. The van der Waals surface area contributed by atoms with Gasteiger partial charge in [-0.25, -0.2) is 38.9 Å². The van der Waals surface area contributed by atoms with E-state index in [1.165, 1.54) is 18.2 Å². The molecule has 0 atom stereocenters. The van der Waals surface area contributed by atoms with E-state index in [9.17, 15) is 24.0 Å². The summed E-state index contributed by atoms with van der Waals surface area (Å²) in [4.78, 5) is 67.5. The van der Waals surface area contributed by atoms with E-state index >= 15 is 0 Å². The van der Waals surface area contributed by atoms with Gasteiger partial charge in [-0.3, -0.25) is 5.32 Å². The minimum atomic E-state index is -0.872. The molecule has 0 aliphatic heterocycles. The molecule has 50 heavy (non-hydrogen) atoms. The lowest BCUT2D eigenvalue weighted by molar-refractivity contribution is -0.0423. The Labute approximate surface area is 290 Å². The Bertz CT molecular complexity index is 1610. The second-order valence-electron chi connectivity index (χ2n) is 11.3. The highest BCUT2D eigenvalue weighted by Gasteiger charge is 2.33. The maximum atomic E-state index is 12.7. The van der Waals surface area contributed by atoms with Gasteiger partial charge >= 0.3 is 12.2 Å². The summed E-state index contributed by atoms with van der Waals surface area (Å²) >= 11 is 0. The topological polar surface area (TPSA) is 186 Å². The summed E-state index contributed by atoms with van der Waals surface area (Å²) in [6.45, 7) is 3.42. The molecule has 0 fully saturated rings. The highest BCUT2D eigenvalue weighted by molar-refractivity contribution is 5.68. The number of carbonyl (C=O) groups excluding carboxylic acids is 5. The summed E-state index contributed by atoms with van der Waals surface area (Å²) in [7, 11) is 0. The molecule has 0 bridgehead atoms. The summed E-state index contributed by atoms with van der Waals surface area (Å²) in [6, 6.07) is 22.1. The number of hydrogen-bond acceptors (Lipinski definition) is 12. The molecule has 0 aliphatic carbocycles. The maximum absolute atomic E-state index is 12.7. The van der Waals surface area contributed by atoms with Crippen LogP contribution in [0.3, 0.4) is 0 Å². The second kappa shape index (κ2) is 22.0. The molecule has 262 valence electrons. The standard InChI is InChI=1S/C36H40N6O8/c1-2-36(21-48-27-40-18-31-9-3-6-28(12-31)15-37-24-43,22-49-34(46)41-19-32-10-4-7-29(13-32)16-38-25-44)23-50-35(47)42-20-33-11-5-8-30(14-33)17-39-26-45/h3-14,40H,2,15-23,27H2,1H3,(H,41,46)(H,42,47). The monoisotopic (exact) mass is 684 g/mol. The lowest BCUT2D eigenvalue weighted by Crippen LogP contribution is -2.41. The van der Waals surface area contributed by atoms with E-state index < -0.39 is 17.6 Å². The molecule has 0 radical (unpaired) electrons. The lowest BCUT2D eigenvalue weighted by atomic mass is 9.88. The van der Waals surface area contributed by atoms with Gasteiger partial charge < -0.3 is 24.8 Å². The van der Waals surface area contributed by atoms with Crippen LogP contribution in [0, 0.1) is 5.41 Å². The summed E-state index contributed by atoms with van der Waals surface area (Å²) in [5.74, 6) is 0. The normalized spacial score (nSPS) is 11.5. The van der Waals surface area contributed by atoms with Crippen molar-refractivity contribution < 1.29 is 38.2 Å². The van der Waals surface area contributed by atoms with Crippen LogP contribution in [0.1, 0.15) is 46.7 Å². The van der Waals surface area contributed by atoms with E-state index in [0.29, 0.717) is 13.0 Å². The van der Waals surface area contributed by atoms with Gasteiger partial charge in [-0.15, -0.1) is 0 Å². The van der Waals surface area contributed by atoms with Crippen molar-refractivity contribution in [2.45, 2.75) is 52.6 Å². The SMILES string of the molecule is CCC(COCNCc1cccc(CN=C=O)c1)(COC(=O)NCc1cccc(CN=C=O)c1)COC(=O)NCc1cccc(CN=C=O)c1. The maximum Gasteiger partial charge on any atom is 0.407 e. The zero-order valence-corrected chi connectivity index (χ0v) is 27.8. The Morgan fingerprint density at radius 3 is 1.42 bits per heavy atom. The van der Waals surface area contributed by atoms with E-state index in [1.54, 1.807) is 12.1 Å². The summed E-state index contributed by atoms with van der Waals surface area (Å²) in [5, 5.41) is 8.62. The van der Waals surface area contributed by atoms with E-state index in [0.717, 1.165) is 33.4 Å². The summed E-state index contributed by atoms with van der Waals surface area (Å²) < 4.78 is 17.1. The van der Waals surface area contributed by atoms with Crippen molar-refractivity contribution >= 4 is 30.4 Å². The number of amides is 2. The van der Waals surface area contributed by atoms with Crippen molar-refractivity contribution in [2.24, 2.45) is 20.4 Å². The average molecular weight is 685 g/mol. The average Bonchev–Trinajstić information content (AvgIpc) is 3.15. The molecule has 0 aromatic heterocycles. The molecule has 0 saturated carbocycles. The number of nitrogens with zero attached hydrogens (tertiary/aromatic N) is 3. The molecule has 0 spiro atoms. The third kappa shape index (κ3) is 14.6. The number of benzene rings is 3. The number of carbonyl (C=O) groups is 2. The zero-order chi connectivity index (χ0) is 35.9. The van der Waals surface area contributed by atoms with Crippen molar-refractivity contribution in [3.8, 4) is 0 Å². The molecule has 3 aromatic carbocycles. The molecule has 14 heteroatoms. The Balaban J connectivity index is 1.57. The quantitative estimate of drug-likeness (QED) is 0.0628. The van der Waals surface area contributed by atoms with Crippen molar-refractivity contribution in [1.82, 2.24) is 16.0 Å². The van der Waals surface area contributed by atoms with Crippen LogP contribution in [0.25, 0.3) is 0 Å². The predicted molar refractivity (Wildman–Crippen MR) is 182 cm³/mol. The molecule has 3 aromatic rings. The van der Waals surface area contributed by atoms with Crippen molar-refractivity contribution in [3.05, 3.63) is 106 Å². The fourth-order valence-corrected chi connectivity index (χ4v) is 4.74. The van der Waals surface area contributed by atoms with Crippen LogP contribution in [0.2, 0.25) is 0 Å². The molecule has 0 heterocycles. The van der Waals surface area contributed by atoms with E-state index in [4.69, 9.17) is 14.2 Å². The van der Waals surface area contributed by atoms with Crippen molar-refractivity contribution in [3.63, 3.8) is 0 Å². The van der Waals surface area contributed by atoms with Gasteiger partial charge in [0.15, 0.2) is 0 Å². The van der Waals surface area contributed by atoms with Gasteiger partial charge in [-0.2, -0.15) is 0 Å². The Kier molecular flexibility index (Phi) is 17.0. The second-order valence-corrected chi connectivity index (χ2v) is 11.3. The molecular formula is C36H40N6O8. The Hall–Kier alpha value is -5.74. The third-order valence-electron chi connectivity index (χ3n) is 7.54. The summed E-state index contributed by atoms with van der Waals surface area (Å²) in [6.07, 6.45) is 3.67. The zero-order valence-electron chi connectivity index (χ0n) is 27.8. The van der Waals surface area contributed by atoms with Crippen LogP contribution in [0.5, 0.6) is 0 Å². The third-order valence-corrected chi connectivity index (χ3v) is 7.54. The number of ether oxygens (including phenoxy) is 3. The first kappa shape index (κ1) is 38.7. The molecule has 14 nitrogen and oxygen atoms in total. The minimum absolute atomic E-state index is 0.101. The summed E-state index contributed by atoms with van der Waals surface area (Å²) in [5.41, 5.74) is 4.16.